The standard InChI is InChI=1S/C14H13N3O4/c1-2-3-12-11(14(18)19)8-15-13(16-12)9-4-6-10(7-5-9)17(20)21/h4-8H,2-3H2,1H3,(H,18,19). The molecule has 0 spiro atoms. The molecule has 0 radical (unpaired) electrons. The highest BCUT2D eigenvalue weighted by Crippen LogP contribution is 2.20. The molecule has 0 amide bonds. The van der Waals surface area contributed by atoms with Crippen molar-refractivity contribution in [3.63, 3.8) is 0 Å². The molecule has 108 valence electrons. The molecular weight excluding hydrogens is 274 g/mol. The molecule has 0 aliphatic rings. The molecule has 0 saturated carbocycles. The first-order valence-corrected chi connectivity index (χ1v) is 6.37. The predicted molar refractivity (Wildman–Crippen MR) is 75.1 cm³/mol. The van der Waals surface area contributed by atoms with Crippen LogP contribution in [0.4, 0.5) is 5.69 Å². The Balaban J connectivity index is 2.42. The first kappa shape index (κ1) is 14.6. The van der Waals surface area contributed by atoms with Crippen LogP contribution in [0.5, 0.6) is 0 Å². The highest BCUT2D eigenvalue weighted by molar-refractivity contribution is 5.88. The number of aromatic nitrogens is 2. The summed E-state index contributed by atoms with van der Waals surface area (Å²) in [4.78, 5) is 29.5. The predicted octanol–water partition coefficient (Wildman–Crippen LogP) is 2.70. The Morgan fingerprint density at radius 3 is 2.52 bits per heavy atom. The lowest BCUT2D eigenvalue weighted by molar-refractivity contribution is -0.384. The molecule has 21 heavy (non-hydrogen) atoms. The van der Waals surface area contributed by atoms with Crippen molar-refractivity contribution in [3.05, 3.63) is 51.8 Å². The fourth-order valence-corrected chi connectivity index (χ4v) is 1.89. The number of nitrogens with zero attached hydrogens (tertiary/aromatic N) is 3. The zero-order valence-corrected chi connectivity index (χ0v) is 11.3. The summed E-state index contributed by atoms with van der Waals surface area (Å²) in [6.45, 7) is 1.93. The largest absolute Gasteiger partial charge is 0.478 e. The van der Waals surface area contributed by atoms with Crippen LogP contribution >= 0.6 is 0 Å². The molecule has 0 bridgehead atoms. The maximum absolute atomic E-state index is 11.1. The number of aromatic carboxylic acids is 1. The van der Waals surface area contributed by atoms with Crippen LogP contribution in [0.3, 0.4) is 0 Å². The highest BCUT2D eigenvalue weighted by atomic mass is 16.6. The van der Waals surface area contributed by atoms with Gasteiger partial charge in [0.05, 0.1) is 16.2 Å². The molecule has 0 fully saturated rings. The molecule has 2 rings (SSSR count). The molecule has 1 N–H and O–H groups in total. The Hall–Kier alpha value is -2.83. The fraction of sp³-hybridized carbons (Fsp3) is 0.214. The van der Waals surface area contributed by atoms with Crippen LogP contribution in [0.15, 0.2) is 30.5 Å². The van der Waals surface area contributed by atoms with Crippen LogP contribution < -0.4 is 0 Å². The maximum Gasteiger partial charge on any atom is 0.339 e. The van der Waals surface area contributed by atoms with E-state index in [2.05, 4.69) is 9.97 Å². The second kappa shape index (κ2) is 6.08. The number of benzene rings is 1. The van der Waals surface area contributed by atoms with Crippen LogP contribution in [-0.2, 0) is 6.42 Å². The van der Waals surface area contributed by atoms with Crippen molar-refractivity contribution in [3.8, 4) is 11.4 Å². The smallest absolute Gasteiger partial charge is 0.339 e. The van der Waals surface area contributed by atoms with Crippen molar-refractivity contribution in [1.29, 1.82) is 0 Å². The number of carboxylic acids is 1. The van der Waals surface area contributed by atoms with Crippen LogP contribution in [0, 0.1) is 10.1 Å². The van der Waals surface area contributed by atoms with E-state index in [0.717, 1.165) is 6.42 Å². The van der Waals surface area contributed by atoms with Gasteiger partial charge < -0.3 is 5.11 Å². The first-order chi connectivity index (χ1) is 10.0. The van der Waals surface area contributed by atoms with Gasteiger partial charge in [0.1, 0.15) is 0 Å². The van der Waals surface area contributed by atoms with Gasteiger partial charge in [0, 0.05) is 23.9 Å². The van der Waals surface area contributed by atoms with Crippen molar-refractivity contribution in [2.45, 2.75) is 19.8 Å². The number of carbonyl (C=O) groups is 1. The number of aryl methyl sites for hydroxylation is 1. The van der Waals surface area contributed by atoms with Crippen molar-refractivity contribution >= 4 is 11.7 Å². The summed E-state index contributed by atoms with van der Waals surface area (Å²) in [5.74, 6) is -0.702. The summed E-state index contributed by atoms with van der Waals surface area (Å²) in [7, 11) is 0. The summed E-state index contributed by atoms with van der Waals surface area (Å²) < 4.78 is 0. The van der Waals surface area contributed by atoms with Gasteiger partial charge in [-0.1, -0.05) is 13.3 Å². The molecule has 0 aliphatic carbocycles. The molecular formula is C14H13N3O4. The molecule has 0 atom stereocenters. The number of nitro groups is 1. The zero-order valence-electron chi connectivity index (χ0n) is 11.3. The van der Waals surface area contributed by atoms with Crippen molar-refractivity contribution in [1.82, 2.24) is 9.97 Å². The Morgan fingerprint density at radius 1 is 1.33 bits per heavy atom. The SMILES string of the molecule is CCCc1nc(-c2ccc([N+](=O)[O-])cc2)ncc1C(=O)O. The van der Waals surface area contributed by atoms with E-state index in [-0.39, 0.29) is 11.3 Å². The monoisotopic (exact) mass is 287 g/mol. The van der Waals surface area contributed by atoms with Gasteiger partial charge in [0.15, 0.2) is 5.82 Å². The van der Waals surface area contributed by atoms with Gasteiger partial charge in [0.25, 0.3) is 5.69 Å². The molecule has 1 aromatic carbocycles. The van der Waals surface area contributed by atoms with E-state index in [1.165, 1.54) is 18.3 Å². The minimum absolute atomic E-state index is 0.0188. The Bertz CT molecular complexity index is 683. The molecule has 0 saturated heterocycles. The lowest BCUT2D eigenvalue weighted by atomic mass is 10.1. The third-order valence-electron chi connectivity index (χ3n) is 2.92. The number of hydrogen-bond donors (Lipinski definition) is 1. The molecule has 7 heteroatoms. The number of hydrogen-bond acceptors (Lipinski definition) is 5. The van der Waals surface area contributed by atoms with Gasteiger partial charge in [-0.25, -0.2) is 14.8 Å². The Labute approximate surface area is 120 Å². The van der Waals surface area contributed by atoms with Crippen LogP contribution in [0.2, 0.25) is 0 Å². The highest BCUT2D eigenvalue weighted by Gasteiger charge is 2.14. The second-order valence-electron chi connectivity index (χ2n) is 4.41. The van der Waals surface area contributed by atoms with E-state index >= 15 is 0 Å². The van der Waals surface area contributed by atoms with Crippen molar-refractivity contribution in [2.24, 2.45) is 0 Å². The van der Waals surface area contributed by atoms with Crippen molar-refractivity contribution < 1.29 is 14.8 Å². The summed E-state index contributed by atoms with van der Waals surface area (Å²) in [6, 6.07) is 5.82. The van der Waals surface area contributed by atoms with Gasteiger partial charge >= 0.3 is 5.97 Å². The average Bonchev–Trinajstić information content (AvgIpc) is 2.47. The lowest BCUT2D eigenvalue weighted by Crippen LogP contribution is -2.07. The summed E-state index contributed by atoms with van der Waals surface area (Å²) in [5, 5.41) is 19.7. The molecule has 0 unspecified atom stereocenters. The molecule has 7 nitrogen and oxygen atoms in total. The topological polar surface area (TPSA) is 106 Å². The minimum atomic E-state index is -1.06. The van der Waals surface area contributed by atoms with Gasteiger partial charge in [0.2, 0.25) is 0 Å². The molecule has 2 aromatic rings. The van der Waals surface area contributed by atoms with Crippen molar-refractivity contribution in [2.75, 3.05) is 0 Å². The van der Waals surface area contributed by atoms with Crippen LogP contribution in [0.1, 0.15) is 29.4 Å². The molecule has 1 heterocycles. The third kappa shape index (κ3) is 3.19. The first-order valence-electron chi connectivity index (χ1n) is 6.37. The minimum Gasteiger partial charge on any atom is -0.478 e. The van der Waals surface area contributed by atoms with E-state index in [0.29, 0.717) is 23.5 Å². The van der Waals surface area contributed by atoms with E-state index < -0.39 is 10.9 Å². The van der Waals surface area contributed by atoms with Gasteiger partial charge in [-0.15, -0.1) is 0 Å². The zero-order chi connectivity index (χ0) is 15.4. The van der Waals surface area contributed by atoms with E-state index in [1.807, 2.05) is 6.92 Å². The van der Waals surface area contributed by atoms with E-state index in [1.54, 1.807) is 12.1 Å². The number of nitro benzene ring substituents is 1. The number of non-ortho nitro benzene ring substituents is 1. The van der Waals surface area contributed by atoms with Crippen LogP contribution in [0.25, 0.3) is 11.4 Å². The van der Waals surface area contributed by atoms with Gasteiger partial charge in [-0.2, -0.15) is 0 Å². The van der Waals surface area contributed by atoms with Crippen LogP contribution in [-0.4, -0.2) is 26.0 Å². The van der Waals surface area contributed by atoms with E-state index in [4.69, 9.17) is 5.11 Å². The summed E-state index contributed by atoms with van der Waals surface area (Å²) >= 11 is 0. The average molecular weight is 287 g/mol. The number of carboxylic acid groups (broad SMARTS) is 1. The maximum atomic E-state index is 11.1. The lowest BCUT2D eigenvalue weighted by Gasteiger charge is -2.06. The number of rotatable bonds is 5. The fourth-order valence-electron chi connectivity index (χ4n) is 1.89. The second-order valence-corrected chi connectivity index (χ2v) is 4.41. The van der Waals surface area contributed by atoms with Gasteiger partial charge in [-0.05, 0) is 18.6 Å². The molecule has 0 aliphatic heterocycles. The van der Waals surface area contributed by atoms with E-state index in [9.17, 15) is 14.9 Å². The quantitative estimate of drug-likeness (QED) is 0.669. The summed E-state index contributed by atoms with van der Waals surface area (Å²) in [5.41, 5.74) is 1.14. The third-order valence-corrected chi connectivity index (χ3v) is 2.92. The Kier molecular flexibility index (Phi) is 4.22. The molecule has 1 aromatic heterocycles. The van der Waals surface area contributed by atoms with Gasteiger partial charge in [-0.3, -0.25) is 10.1 Å². The normalized spacial score (nSPS) is 10.3. The summed E-state index contributed by atoms with van der Waals surface area (Å²) in [6.07, 6.45) is 2.57. The Morgan fingerprint density at radius 2 is 2.00 bits per heavy atom.